The maximum absolute atomic E-state index is 10.6. The molecule has 76 valence electrons. The summed E-state index contributed by atoms with van der Waals surface area (Å²) < 4.78 is 0. The molecule has 4 heteroatoms. The third-order valence-electron chi connectivity index (χ3n) is 2.09. The Bertz CT molecular complexity index is 350. The molecule has 0 fully saturated rings. The maximum Gasteiger partial charge on any atom is 0.304 e. The fourth-order valence-electron chi connectivity index (χ4n) is 1.40. The molecule has 0 saturated heterocycles. The number of nitrogens with zero attached hydrogens (tertiary/aromatic N) is 1. The highest BCUT2D eigenvalue weighted by Crippen LogP contribution is 2.31. The lowest BCUT2D eigenvalue weighted by atomic mass is 9.82. The number of halogens is 1. The predicted molar refractivity (Wildman–Crippen MR) is 54.5 cm³/mol. The number of aromatic nitrogens is 1. The molecule has 3 nitrogen and oxygen atoms in total. The molecule has 1 aromatic heterocycles. The number of rotatable bonds is 3. The van der Waals surface area contributed by atoms with Crippen molar-refractivity contribution in [3.63, 3.8) is 0 Å². The van der Waals surface area contributed by atoms with Crippen LogP contribution in [0.25, 0.3) is 0 Å². The Morgan fingerprint density at radius 3 is 2.79 bits per heavy atom. The van der Waals surface area contributed by atoms with Gasteiger partial charge in [0, 0.05) is 17.8 Å². The van der Waals surface area contributed by atoms with Crippen molar-refractivity contribution in [2.75, 3.05) is 0 Å². The molecule has 0 aromatic carbocycles. The van der Waals surface area contributed by atoms with Gasteiger partial charge in [-0.2, -0.15) is 0 Å². The first kappa shape index (κ1) is 11.0. The number of carboxylic acid groups (broad SMARTS) is 1. The van der Waals surface area contributed by atoms with Gasteiger partial charge < -0.3 is 5.11 Å². The second-order valence-electron chi connectivity index (χ2n) is 3.81. The zero-order chi connectivity index (χ0) is 10.8. The van der Waals surface area contributed by atoms with Crippen molar-refractivity contribution in [1.29, 1.82) is 0 Å². The molecule has 0 aliphatic heterocycles. The molecular formula is C10H12ClNO2. The summed E-state index contributed by atoms with van der Waals surface area (Å²) in [6.45, 7) is 3.70. The van der Waals surface area contributed by atoms with Gasteiger partial charge in [0.15, 0.2) is 0 Å². The molecule has 0 aliphatic rings. The zero-order valence-corrected chi connectivity index (χ0v) is 8.88. The third-order valence-corrected chi connectivity index (χ3v) is 2.40. The monoisotopic (exact) mass is 213 g/mol. The van der Waals surface area contributed by atoms with Gasteiger partial charge in [0.05, 0.1) is 11.4 Å². The van der Waals surface area contributed by atoms with E-state index in [1.807, 2.05) is 13.8 Å². The summed E-state index contributed by atoms with van der Waals surface area (Å²) in [6, 6.07) is 1.76. The fourth-order valence-corrected chi connectivity index (χ4v) is 1.77. The average molecular weight is 214 g/mol. The van der Waals surface area contributed by atoms with Crippen LogP contribution in [-0.2, 0) is 10.2 Å². The van der Waals surface area contributed by atoms with E-state index >= 15 is 0 Å². The van der Waals surface area contributed by atoms with Gasteiger partial charge in [-0.1, -0.05) is 25.4 Å². The molecule has 0 radical (unpaired) electrons. The molecular weight excluding hydrogens is 202 g/mol. The topological polar surface area (TPSA) is 50.2 Å². The van der Waals surface area contributed by atoms with Crippen LogP contribution in [-0.4, -0.2) is 16.1 Å². The van der Waals surface area contributed by atoms with E-state index in [4.69, 9.17) is 16.7 Å². The first-order chi connectivity index (χ1) is 6.43. The number of aliphatic carboxylic acids is 1. The molecule has 1 aromatic rings. The lowest BCUT2D eigenvalue weighted by Gasteiger charge is -2.23. The van der Waals surface area contributed by atoms with Crippen LogP contribution < -0.4 is 0 Å². The summed E-state index contributed by atoms with van der Waals surface area (Å²) in [5.74, 6) is -0.831. The van der Waals surface area contributed by atoms with Gasteiger partial charge in [-0.3, -0.25) is 9.78 Å². The first-order valence-corrected chi connectivity index (χ1v) is 4.63. The standard InChI is InChI=1S/C10H12ClNO2/c1-10(2,5-9(13)14)7-3-4-12-6-8(7)11/h3-4,6H,5H2,1-2H3,(H,13,14). The number of pyridine rings is 1. The number of carboxylic acids is 1. The lowest BCUT2D eigenvalue weighted by Crippen LogP contribution is -2.22. The van der Waals surface area contributed by atoms with Gasteiger partial charge in [-0.05, 0) is 11.6 Å². The van der Waals surface area contributed by atoms with Gasteiger partial charge in [-0.15, -0.1) is 0 Å². The van der Waals surface area contributed by atoms with Gasteiger partial charge >= 0.3 is 5.97 Å². The van der Waals surface area contributed by atoms with E-state index in [0.717, 1.165) is 5.56 Å². The van der Waals surface area contributed by atoms with Crippen LogP contribution in [0.5, 0.6) is 0 Å². The molecule has 1 rings (SSSR count). The highest BCUT2D eigenvalue weighted by molar-refractivity contribution is 6.31. The summed E-state index contributed by atoms with van der Waals surface area (Å²) in [4.78, 5) is 14.5. The fraction of sp³-hybridized carbons (Fsp3) is 0.400. The third kappa shape index (κ3) is 2.45. The van der Waals surface area contributed by atoms with Crippen molar-refractivity contribution >= 4 is 17.6 Å². The minimum atomic E-state index is -0.831. The highest BCUT2D eigenvalue weighted by atomic mass is 35.5. The summed E-state index contributed by atoms with van der Waals surface area (Å²) >= 11 is 5.94. The van der Waals surface area contributed by atoms with Crippen LogP contribution in [0.4, 0.5) is 0 Å². The van der Waals surface area contributed by atoms with E-state index in [-0.39, 0.29) is 6.42 Å². The predicted octanol–water partition coefficient (Wildman–Crippen LogP) is 2.49. The van der Waals surface area contributed by atoms with Crippen LogP contribution in [0.3, 0.4) is 0 Å². The van der Waals surface area contributed by atoms with Crippen molar-refractivity contribution in [1.82, 2.24) is 4.98 Å². The number of hydrogen-bond acceptors (Lipinski definition) is 2. The summed E-state index contributed by atoms with van der Waals surface area (Å²) in [6.07, 6.45) is 3.20. The van der Waals surface area contributed by atoms with Crippen molar-refractivity contribution in [3.8, 4) is 0 Å². The van der Waals surface area contributed by atoms with Gasteiger partial charge in [0.1, 0.15) is 0 Å². The van der Waals surface area contributed by atoms with Gasteiger partial charge in [-0.25, -0.2) is 0 Å². The SMILES string of the molecule is CC(C)(CC(=O)O)c1ccncc1Cl. The largest absolute Gasteiger partial charge is 0.481 e. The second kappa shape index (κ2) is 3.96. The minimum Gasteiger partial charge on any atom is -0.481 e. The summed E-state index contributed by atoms with van der Waals surface area (Å²) in [5, 5.41) is 9.26. The Morgan fingerprint density at radius 2 is 2.29 bits per heavy atom. The summed E-state index contributed by atoms with van der Waals surface area (Å²) in [5.41, 5.74) is 0.350. The first-order valence-electron chi connectivity index (χ1n) is 4.25. The quantitative estimate of drug-likeness (QED) is 0.839. The van der Waals surface area contributed by atoms with E-state index < -0.39 is 11.4 Å². The second-order valence-corrected chi connectivity index (χ2v) is 4.22. The van der Waals surface area contributed by atoms with Crippen LogP contribution in [0.1, 0.15) is 25.8 Å². The Balaban J connectivity index is 3.03. The van der Waals surface area contributed by atoms with Crippen molar-refractivity contribution in [2.24, 2.45) is 0 Å². The van der Waals surface area contributed by atoms with Crippen LogP contribution in [0, 0.1) is 0 Å². The van der Waals surface area contributed by atoms with E-state index in [2.05, 4.69) is 4.98 Å². The molecule has 0 unspecified atom stereocenters. The molecule has 0 saturated carbocycles. The van der Waals surface area contributed by atoms with Gasteiger partial charge in [0.2, 0.25) is 0 Å². The van der Waals surface area contributed by atoms with Gasteiger partial charge in [0.25, 0.3) is 0 Å². The average Bonchev–Trinajstić information content (AvgIpc) is 2.02. The minimum absolute atomic E-state index is 0.0523. The van der Waals surface area contributed by atoms with E-state index in [0.29, 0.717) is 5.02 Å². The van der Waals surface area contributed by atoms with Crippen LogP contribution in [0.15, 0.2) is 18.5 Å². The molecule has 0 aliphatic carbocycles. The molecule has 1 N–H and O–H groups in total. The normalized spacial score (nSPS) is 11.4. The molecule has 0 bridgehead atoms. The van der Waals surface area contributed by atoms with Crippen LogP contribution in [0.2, 0.25) is 5.02 Å². The smallest absolute Gasteiger partial charge is 0.304 e. The Morgan fingerprint density at radius 1 is 1.64 bits per heavy atom. The zero-order valence-electron chi connectivity index (χ0n) is 8.12. The molecule has 14 heavy (non-hydrogen) atoms. The Hall–Kier alpha value is -1.09. The molecule has 0 spiro atoms. The maximum atomic E-state index is 10.6. The molecule has 0 atom stereocenters. The molecule has 1 heterocycles. The number of carbonyl (C=O) groups is 1. The van der Waals surface area contributed by atoms with Crippen molar-refractivity contribution in [3.05, 3.63) is 29.0 Å². The van der Waals surface area contributed by atoms with Crippen LogP contribution >= 0.6 is 11.6 Å². The lowest BCUT2D eigenvalue weighted by molar-refractivity contribution is -0.138. The Labute approximate surface area is 87.7 Å². The van der Waals surface area contributed by atoms with Crippen molar-refractivity contribution < 1.29 is 9.90 Å². The Kier molecular flexibility index (Phi) is 3.11. The van der Waals surface area contributed by atoms with Crippen molar-refractivity contribution in [2.45, 2.75) is 25.7 Å². The molecule has 0 amide bonds. The summed E-state index contributed by atoms with van der Waals surface area (Å²) in [7, 11) is 0. The van der Waals surface area contributed by atoms with E-state index in [9.17, 15) is 4.79 Å². The number of hydrogen-bond donors (Lipinski definition) is 1. The van der Waals surface area contributed by atoms with E-state index in [1.54, 1.807) is 12.3 Å². The van der Waals surface area contributed by atoms with E-state index in [1.165, 1.54) is 6.20 Å². The highest BCUT2D eigenvalue weighted by Gasteiger charge is 2.26.